The zero-order chi connectivity index (χ0) is 31.4. The lowest BCUT2D eigenvalue weighted by Gasteiger charge is -2.52. The van der Waals surface area contributed by atoms with E-state index in [4.69, 9.17) is 40.0 Å². The van der Waals surface area contributed by atoms with Gasteiger partial charge in [-0.25, -0.2) is 4.39 Å². The summed E-state index contributed by atoms with van der Waals surface area (Å²) >= 11 is 6.59. The zero-order valence-corrected chi connectivity index (χ0v) is 26.8. The van der Waals surface area contributed by atoms with Crippen LogP contribution >= 0.6 is 11.6 Å². The molecule has 7 nitrogen and oxygen atoms in total. The second-order valence-electron chi connectivity index (χ2n) is 10.8. The minimum Gasteiger partial charge on any atom is -0.494 e. The van der Waals surface area contributed by atoms with Gasteiger partial charge in [0.2, 0.25) is 11.6 Å². The van der Waals surface area contributed by atoms with Crippen molar-refractivity contribution in [2.45, 2.75) is 95.9 Å². The predicted octanol–water partition coefficient (Wildman–Crippen LogP) is 6.96. The van der Waals surface area contributed by atoms with Gasteiger partial charge in [-0.15, -0.1) is 0 Å². The van der Waals surface area contributed by atoms with Crippen LogP contribution in [0, 0.1) is 11.6 Å². The second kappa shape index (κ2) is 17.6. The largest absolute Gasteiger partial charge is 0.494 e. The summed E-state index contributed by atoms with van der Waals surface area (Å²) in [6.45, 7) is 7.26. The van der Waals surface area contributed by atoms with Gasteiger partial charge >= 0.3 is 0 Å². The number of hydrogen-bond donors (Lipinski definition) is 1. The topological polar surface area (TPSA) is 75.6 Å². The molecule has 0 bridgehead atoms. The molecule has 5 atom stereocenters. The molecule has 3 rings (SSSR count). The summed E-state index contributed by atoms with van der Waals surface area (Å²) in [4.78, 5) is 0. The van der Waals surface area contributed by atoms with Gasteiger partial charge < -0.3 is 33.5 Å². The van der Waals surface area contributed by atoms with E-state index in [0.717, 1.165) is 38.5 Å². The van der Waals surface area contributed by atoms with Crippen LogP contribution in [0.15, 0.2) is 30.3 Å². The van der Waals surface area contributed by atoms with Crippen LogP contribution in [-0.4, -0.2) is 70.2 Å². The molecule has 1 saturated heterocycles. The lowest BCUT2D eigenvalue weighted by molar-refractivity contribution is -0.381. The quantitative estimate of drug-likeness (QED) is 0.179. The van der Waals surface area contributed by atoms with Gasteiger partial charge in [0.25, 0.3) is 0 Å². The lowest BCUT2D eigenvalue weighted by Crippen LogP contribution is -2.66. The minimum atomic E-state index is -1.52. The highest BCUT2D eigenvalue weighted by Gasteiger charge is 2.58. The van der Waals surface area contributed by atoms with Crippen molar-refractivity contribution in [1.82, 2.24) is 0 Å². The van der Waals surface area contributed by atoms with Crippen LogP contribution in [0.1, 0.15) is 76.0 Å². The number of aliphatic hydroxyl groups is 1. The Kier molecular flexibility index (Phi) is 14.6. The fourth-order valence-electron chi connectivity index (χ4n) is 5.28. The van der Waals surface area contributed by atoms with Crippen molar-refractivity contribution in [2.75, 3.05) is 40.6 Å². The Morgan fingerprint density at radius 1 is 0.837 bits per heavy atom. The maximum absolute atomic E-state index is 14.9. The van der Waals surface area contributed by atoms with Gasteiger partial charge in [-0.2, -0.15) is 4.39 Å². The average molecular weight is 629 g/mol. The van der Waals surface area contributed by atoms with E-state index in [-0.39, 0.29) is 24.3 Å². The summed E-state index contributed by atoms with van der Waals surface area (Å²) in [5, 5.41) is 10.9. The molecule has 10 heteroatoms. The van der Waals surface area contributed by atoms with Crippen LogP contribution in [0.5, 0.6) is 5.75 Å². The van der Waals surface area contributed by atoms with E-state index >= 15 is 0 Å². The highest BCUT2D eigenvalue weighted by atomic mass is 35.5. The normalized spacial score (nSPS) is 23.9. The van der Waals surface area contributed by atoms with Crippen LogP contribution in [0.3, 0.4) is 0 Å². The predicted molar refractivity (Wildman–Crippen MR) is 162 cm³/mol. The second-order valence-corrected chi connectivity index (χ2v) is 11.2. The van der Waals surface area contributed by atoms with Gasteiger partial charge in [-0.05, 0) is 48.6 Å². The van der Waals surface area contributed by atoms with Crippen molar-refractivity contribution >= 4 is 11.6 Å². The Morgan fingerprint density at radius 2 is 1.47 bits per heavy atom. The SMILES string of the molecule is CCCCO[C@H]1[C@H](OCCCC)[C@@H](CO)O[C@@](OC)(c2ccc(Cl)c(Cc3ccc(OC)c(F)c3F)c2)[C@@H]1OCCCC. The fraction of sp³-hybridized carbons (Fsp3) is 0.636. The van der Waals surface area contributed by atoms with E-state index in [1.807, 2.05) is 0 Å². The molecule has 0 unspecified atom stereocenters. The fourth-order valence-corrected chi connectivity index (χ4v) is 5.47. The van der Waals surface area contributed by atoms with Crippen molar-refractivity contribution in [3.63, 3.8) is 0 Å². The lowest BCUT2D eigenvalue weighted by atomic mass is 9.86. The molecule has 1 fully saturated rings. The highest BCUT2D eigenvalue weighted by Crippen LogP contribution is 2.44. The standard InChI is InChI=1S/C33H47ClF2O7/c1-6-9-16-40-30-27(21-37)43-33(39-5,32(42-18-11-8-3)31(30)41-17-10-7-2)24-13-14-25(34)23(20-24)19-22-12-15-26(38-4)29(36)28(22)35/h12-15,20,27,30-32,37H,6-11,16-19,21H2,1-5H3/t27-,30-,31+,32-,33+/m1/s1. The monoisotopic (exact) mass is 628 g/mol. The van der Waals surface area contributed by atoms with Gasteiger partial charge in [0.05, 0.1) is 13.7 Å². The molecule has 43 heavy (non-hydrogen) atoms. The average Bonchev–Trinajstić information content (AvgIpc) is 3.01. The first-order chi connectivity index (χ1) is 20.8. The number of ether oxygens (including phenoxy) is 6. The summed E-state index contributed by atoms with van der Waals surface area (Å²) in [6.07, 6.45) is 2.48. The molecule has 0 aromatic heterocycles. The van der Waals surface area contributed by atoms with E-state index in [1.165, 1.54) is 26.4 Å². The van der Waals surface area contributed by atoms with E-state index in [9.17, 15) is 13.9 Å². The van der Waals surface area contributed by atoms with Crippen LogP contribution in [0.4, 0.5) is 8.78 Å². The Balaban J connectivity index is 2.10. The Labute approximate surface area is 259 Å². The van der Waals surface area contributed by atoms with E-state index in [0.29, 0.717) is 36.0 Å². The van der Waals surface area contributed by atoms with Crippen molar-refractivity contribution in [2.24, 2.45) is 0 Å². The van der Waals surface area contributed by atoms with Gasteiger partial charge in [-0.3, -0.25) is 0 Å². The molecule has 0 radical (unpaired) electrons. The van der Waals surface area contributed by atoms with E-state index < -0.39 is 41.8 Å². The Bertz CT molecular complexity index is 1140. The van der Waals surface area contributed by atoms with Crippen molar-refractivity contribution in [3.8, 4) is 5.75 Å². The third-order valence-electron chi connectivity index (χ3n) is 7.76. The minimum absolute atomic E-state index is 0.00316. The first-order valence-electron chi connectivity index (χ1n) is 15.3. The van der Waals surface area contributed by atoms with Crippen LogP contribution in [0.2, 0.25) is 5.02 Å². The summed E-state index contributed by atoms with van der Waals surface area (Å²) in [7, 11) is 2.79. The van der Waals surface area contributed by atoms with Gasteiger partial charge in [0.1, 0.15) is 24.4 Å². The maximum Gasteiger partial charge on any atom is 0.225 e. The van der Waals surface area contributed by atoms with E-state index in [1.54, 1.807) is 18.2 Å². The maximum atomic E-state index is 14.9. The molecule has 242 valence electrons. The number of methoxy groups -OCH3 is 2. The molecule has 0 spiro atoms. The molecule has 1 heterocycles. The molecule has 1 N–H and O–H groups in total. The van der Waals surface area contributed by atoms with Crippen molar-refractivity contribution in [1.29, 1.82) is 0 Å². The van der Waals surface area contributed by atoms with Gasteiger partial charge in [0.15, 0.2) is 11.6 Å². The van der Waals surface area contributed by atoms with Crippen LogP contribution in [0.25, 0.3) is 0 Å². The third kappa shape index (κ3) is 8.45. The number of unbranched alkanes of at least 4 members (excludes halogenated alkanes) is 3. The van der Waals surface area contributed by atoms with Gasteiger partial charge in [0, 0.05) is 43.9 Å². The van der Waals surface area contributed by atoms with E-state index in [2.05, 4.69) is 20.8 Å². The summed E-state index contributed by atoms with van der Waals surface area (Å²) in [5.41, 5.74) is 1.18. The summed E-state index contributed by atoms with van der Waals surface area (Å²) < 4.78 is 66.4. The summed E-state index contributed by atoms with van der Waals surface area (Å²) in [6, 6.07) is 8.03. The number of aliphatic hydroxyl groups excluding tert-OH is 1. The van der Waals surface area contributed by atoms with Crippen molar-refractivity contribution < 1.29 is 42.3 Å². The molecular weight excluding hydrogens is 582 g/mol. The smallest absolute Gasteiger partial charge is 0.225 e. The Morgan fingerprint density at radius 3 is 2.05 bits per heavy atom. The summed E-state index contributed by atoms with van der Waals surface area (Å²) in [5.74, 6) is -3.77. The molecule has 0 aliphatic carbocycles. The molecular formula is C33H47ClF2O7. The Hall–Kier alpha value is -1.85. The number of hydrogen-bond acceptors (Lipinski definition) is 7. The van der Waals surface area contributed by atoms with Crippen LogP contribution in [-0.2, 0) is 35.9 Å². The molecule has 2 aromatic rings. The first kappa shape index (κ1) is 35.6. The first-order valence-corrected chi connectivity index (χ1v) is 15.7. The molecule has 2 aromatic carbocycles. The highest BCUT2D eigenvalue weighted by molar-refractivity contribution is 6.31. The number of halogens is 3. The number of benzene rings is 2. The van der Waals surface area contributed by atoms with Crippen molar-refractivity contribution in [3.05, 3.63) is 63.7 Å². The third-order valence-corrected chi connectivity index (χ3v) is 8.13. The molecule has 0 amide bonds. The number of rotatable bonds is 18. The van der Waals surface area contributed by atoms with Crippen LogP contribution < -0.4 is 4.74 Å². The zero-order valence-electron chi connectivity index (χ0n) is 26.0. The molecule has 1 aliphatic rings. The molecule has 0 saturated carbocycles. The molecule has 1 aliphatic heterocycles. The van der Waals surface area contributed by atoms with Gasteiger partial charge in [-0.1, -0.05) is 63.8 Å².